The summed E-state index contributed by atoms with van der Waals surface area (Å²) in [6.07, 6.45) is 7.58. The molecule has 3 N–H and O–H groups in total. The number of carboxylic acid groups (broad SMARTS) is 1. The van der Waals surface area contributed by atoms with Crippen molar-refractivity contribution in [2.75, 3.05) is 79.5 Å². The predicted octanol–water partition coefficient (Wildman–Crippen LogP) is 4.63. The molecule has 0 spiro atoms. The lowest BCUT2D eigenvalue weighted by Gasteiger charge is -2.43. The number of piperidine rings is 1. The number of carboxylic acids is 1. The summed E-state index contributed by atoms with van der Waals surface area (Å²) < 4.78 is 31.3. The van der Waals surface area contributed by atoms with Crippen molar-refractivity contribution in [2.24, 2.45) is 0 Å². The molecule has 1 aromatic heterocycles. The van der Waals surface area contributed by atoms with E-state index in [9.17, 15) is 13.2 Å². The Morgan fingerprint density at radius 2 is 1.77 bits per heavy atom. The van der Waals surface area contributed by atoms with Crippen LogP contribution in [-0.4, -0.2) is 105 Å². The zero-order valence-electron chi connectivity index (χ0n) is 26.5. The van der Waals surface area contributed by atoms with Gasteiger partial charge in [-0.3, -0.25) is 9.21 Å². The van der Waals surface area contributed by atoms with Gasteiger partial charge in [0.2, 0.25) is 16.0 Å². The molecule has 2 saturated heterocycles. The van der Waals surface area contributed by atoms with Crippen LogP contribution in [0.15, 0.2) is 60.9 Å². The number of hydrogen-bond acceptors (Lipinski definition) is 11. The second kappa shape index (κ2) is 15.7. The van der Waals surface area contributed by atoms with Gasteiger partial charge in [-0.25, -0.2) is 18.2 Å². The number of methoxy groups -OCH3 is 1. The van der Waals surface area contributed by atoms with Gasteiger partial charge in [0.15, 0.2) is 5.82 Å². The van der Waals surface area contributed by atoms with Crippen molar-refractivity contribution in [3.63, 3.8) is 0 Å². The molecule has 0 unspecified atom stereocenters. The number of nitrogens with zero attached hydrogens (tertiary/aromatic N) is 6. The fourth-order valence-corrected chi connectivity index (χ4v) is 6.34. The van der Waals surface area contributed by atoms with Gasteiger partial charge in [-0.15, -0.1) is 12.4 Å². The molecule has 0 saturated carbocycles. The Bertz CT molecular complexity index is 1680. The Hall–Kier alpha value is -3.98. The maximum atomic E-state index is 12.2. The summed E-state index contributed by atoms with van der Waals surface area (Å²) in [6, 6.07) is 13.5. The minimum atomic E-state index is -3.49. The third-order valence-corrected chi connectivity index (χ3v) is 9.76. The van der Waals surface area contributed by atoms with Crippen LogP contribution in [0.4, 0.5) is 34.5 Å². The number of halogens is 2. The maximum absolute atomic E-state index is 12.2. The number of piperazine rings is 1. The third kappa shape index (κ3) is 9.10. The van der Waals surface area contributed by atoms with Gasteiger partial charge in [-0.05, 0) is 37.1 Å². The number of nitrogens with one attached hydrogen (secondary N) is 2. The highest BCUT2D eigenvalue weighted by atomic mass is 35.5. The molecule has 16 heteroatoms. The minimum Gasteiger partial charge on any atom is -0.494 e. The number of carbonyl (C=O) groups is 1. The van der Waals surface area contributed by atoms with E-state index in [2.05, 4.69) is 35.3 Å². The second-order valence-electron chi connectivity index (χ2n) is 11.2. The van der Waals surface area contributed by atoms with E-state index < -0.39 is 16.0 Å². The number of hydrogen-bond donors (Lipinski definition) is 3. The molecule has 2 aromatic carbocycles. The van der Waals surface area contributed by atoms with Gasteiger partial charge in [0.05, 0.1) is 36.6 Å². The molecular formula is C31H40Cl2N8O5S. The molecule has 3 heterocycles. The second-order valence-corrected chi connectivity index (χ2v) is 13.6. The molecular weight excluding hydrogens is 667 g/mol. The molecule has 2 aliphatic rings. The zero-order valence-corrected chi connectivity index (χ0v) is 28.9. The van der Waals surface area contributed by atoms with E-state index in [4.69, 9.17) is 21.4 Å². The fraction of sp³-hybridized carbons (Fsp3) is 0.387. The topological polar surface area (TPSA) is 143 Å². The molecule has 2 aliphatic heterocycles. The van der Waals surface area contributed by atoms with Crippen LogP contribution in [0.1, 0.15) is 12.8 Å². The number of benzene rings is 2. The largest absolute Gasteiger partial charge is 0.494 e. The standard InChI is InChI=1S/C31H39ClN8O5S.ClH/c1-37(46(3,43)44)27-7-5-4-6-25(27)34-30-24(32)21-33-31(36-30)35-26-9-8-23(20-28(26)45-2)39-14-10-22(11-15-39)40-18-16-38(17-19-40)13-12-29(41)42;/h4-9,12-13,20-22H,10-11,14-19H2,1-3H3,(H,41,42)(H2,33,34,35,36);1H. The van der Waals surface area contributed by atoms with Crippen molar-refractivity contribution < 1.29 is 23.1 Å². The van der Waals surface area contributed by atoms with E-state index in [1.54, 1.807) is 37.6 Å². The highest BCUT2D eigenvalue weighted by Crippen LogP contribution is 2.35. The smallest absolute Gasteiger partial charge is 0.329 e. The van der Waals surface area contributed by atoms with Crippen LogP contribution in [0, 0.1) is 0 Å². The normalized spacial score (nSPS) is 16.1. The van der Waals surface area contributed by atoms with Crippen LogP contribution in [0.2, 0.25) is 5.02 Å². The van der Waals surface area contributed by atoms with E-state index in [0.29, 0.717) is 34.7 Å². The highest BCUT2D eigenvalue weighted by molar-refractivity contribution is 7.92. The average molecular weight is 708 g/mol. The first kappa shape index (κ1) is 35.9. The van der Waals surface area contributed by atoms with Crippen LogP contribution in [0.3, 0.4) is 0 Å². The number of anilines is 6. The summed E-state index contributed by atoms with van der Waals surface area (Å²) >= 11 is 6.42. The van der Waals surface area contributed by atoms with Crippen LogP contribution in [0.25, 0.3) is 0 Å². The summed E-state index contributed by atoms with van der Waals surface area (Å²) in [4.78, 5) is 26.6. The fourth-order valence-electron chi connectivity index (χ4n) is 5.69. The summed E-state index contributed by atoms with van der Waals surface area (Å²) in [6.45, 7) is 5.36. The van der Waals surface area contributed by atoms with Crippen molar-refractivity contribution in [3.8, 4) is 5.75 Å². The van der Waals surface area contributed by atoms with E-state index >= 15 is 0 Å². The van der Waals surface area contributed by atoms with Crippen molar-refractivity contribution in [1.29, 1.82) is 0 Å². The van der Waals surface area contributed by atoms with Crippen LogP contribution in [-0.2, 0) is 14.8 Å². The molecule has 13 nitrogen and oxygen atoms in total. The molecule has 0 amide bonds. The van der Waals surface area contributed by atoms with Gasteiger partial charge in [0.25, 0.3) is 0 Å². The lowest BCUT2D eigenvalue weighted by molar-refractivity contribution is -0.131. The third-order valence-electron chi connectivity index (χ3n) is 8.29. The molecule has 3 aromatic rings. The summed E-state index contributed by atoms with van der Waals surface area (Å²) in [5.41, 5.74) is 2.71. The van der Waals surface area contributed by atoms with Crippen molar-refractivity contribution >= 4 is 74.5 Å². The van der Waals surface area contributed by atoms with Crippen LogP contribution >= 0.6 is 24.0 Å². The molecule has 0 atom stereocenters. The van der Waals surface area contributed by atoms with Gasteiger partial charge in [-0.1, -0.05) is 23.7 Å². The van der Waals surface area contributed by atoms with E-state index in [1.807, 2.05) is 18.2 Å². The number of sulfonamides is 1. The van der Waals surface area contributed by atoms with Gasteiger partial charge in [0, 0.05) is 76.4 Å². The molecule has 0 bridgehead atoms. The summed E-state index contributed by atoms with van der Waals surface area (Å²) in [7, 11) is -0.386. The lowest BCUT2D eigenvalue weighted by Crippen LogP contribution is -2.52. The first-order chi connectivity index (χ1) is 22.0. The van der Waals surface area contributed by atoms with E-state index in [1.165, 1.54) is 23.6 Å². The van der Waals surface area contributed by atoms with Crippen molar-refractivity contribution in [2.45, 2.75) is 18.9 Å². The van der Waals surface area contributed by atoms with E-state index in [0.717, 1.165) is 64.1 Å². The van der Waals surface area contributed by atoms with Crippen molar-refractivity contribution in [3.05, 3.63) is 66.0 Å². The van der Waals surface area contributed by atoms with Gasteiger partial charge in [-0.2, -0.15) is 4.98 Å². The van der Waals surface area contributed by atoms with Gasteiger partial charge < -0.3 is 30.3 Å². The summed E-state index contributed by atoms with van der Waals surface area (Å²) in [5, 5.41) is 15.5. The molecule has 0 aliphatic carbocycles. The van der Waals surface area contributed by atoms with Crippen LogP contribution < -0.4 is 24.6 Å². The number of ether oxygens (including phenoxy) is 1. The Labute approximate surface area is 286 Å². The molecule has 5 rings (SSSR count). The van der Waals surface area contributed by atoms with Gasteiger partial charge in [0.1, 0.15) is 10.8 Å². The van der Waals surface area contributed by atoms with E-state index in [-0.39, 0.29) is 23.4 Å². The number of para-hydroxylation sites is 2. The quantitative estimate of drug-likeness (QED) is 0.239. The lowest BCUT2D eigenvalue weighted by atomic mass is 10.0. The first-order valence-corrected chi connectivity index (χ1v) is 17.2. The Kier molecular flexibility index (Phi) is 12.0. The Morgan fingerprint density at radius 3 is 2.43 bits per heavy atom. The predicted molar refractivity (Wildman–Crippen MR) is 189 cm³/mol. The Morgan fingerprint density at radius 1 is 1.06 bits per heavy atom. The minimum absolute atomic E-state index is 0. The van der Waals surface area contributed by atoms with Crippen LogP contribution in [0.5, 0.6) is 5.75 Å². The average Bonchev–Trinajstić information content (AvgIpc) is 3.05. The van der Waals surface area contributed by atoms with Gasteiger partial charge >= 0.3 is 5.97 Å². The number of aromatic nitrogens is 2. The van der Waals surface area contributed by atoms with Crippen molar-refractivity contribution in [1.82, 2.24) is 19.8 Å². The first-order valence-electron chi connectivity index (χ1n) is 14.9. The molecule has 2 fully saturated rings. The summed E-state index contributed by atoms with van der Waals surface area (Å²) in [5.74, 6) is 0.311. The maximum Gasteiger partial charge on any atom is 0.329 e. The number of rotatable bonds is 11. The monoisotopic (exact) mass is 706 g/mol. The SMILES string of the molecule is COc1cc(N2CCC(N3CCN(C=CC(=O)O)CC3)CC2)ccc1Nc1ncc(Cl)c(Nc2ccccc2N(C)S(C)(=O)=O)n1.Cl. The molecule has 47 heavy (non-hydrogen) atoms. The molecule has 0 radical (unpaired) electrons. The molecule has 254 valence electrons. The highest BCUT2D eigenvalue weighted by Gasteiger charge is 2.27. The Balaban J connectivity index is 0.00000500. The zero-order chi connectivity index (χ0) is 32.8. The number of aliphatic carboxylic acids is 1.